The highest BCUT2D eigenvalue weighted by Crippen LogP contribution is 2.28. The summed E-state index contributed by atoms with van der Waals surface area (Å²) in [5.74, 6) is -1.07. The molecule has 3 aromatic rings. The number of anilines is 1. The fourth-order valence-corrected chi connectivity index (χ4v) is 2.68. The van der Waals surface area contributed by atoms with Gasteiger partial charge in [-0.25, -0.2) is 4.39 Å². The van der Waals surface area contributed by atoms with Crippen molar-refractivity contribution in [1.29, 1.82) is 0 Å². The van der Waals surface area contributed by atoms with Crippen LogP contribution < -0.4 is 5.32 Å². The number of nitrogens with zero attached hydrogens (tertiary/aromatic N) is 2. The Morgan fingerprint density at radius 3 is 2.65 bits per heavy atom. The number of carbonyl (C=O) groups excluding carboxylic acids is 1. The Morgan fingerprint density at radius 2 is 1.90 bits per heavy atom. The Hall–Kier alpha value is -1.86. The fraction of sp³-hybridized carbons (Fsp3) is 0. The molecule has 20 heavy (non-hydrogen) atoms. The van der Waals surface area contributed by atoms with Crippen LogP contribution in [0.15, 0.2) is 40.9 Å². The molecule has 100 valence electrons. The second kappa shape index (κ2) is 5.26. The van der Waals surface area contributed by atoms with Crippen molar-refractivity contribution in [2.75, 3.05) is 5.32 Å². The number of rotatable bonds is 2. The maximum atomic E-state index is 13.6. The van der Waals surface area contributed by atoms with Crippen molar-refractivity contribution in [3.8, 4) is 0 Å². The van der Waals surface area contributed by atoms with Crippen molar-refractivity contribution in [2.45, 2.75) is 0 Å². The highest BCUT2D eigenvalue weighted by atomic mass is 79.9. The number of hydrogen-bond donors (Lipinski definition) is 1. The lowest BCUT2D eigenvalue weighted by Crippen LogP contribution is -2.14. The highest BCUT2D eigenvalue weighted by Gasteiger charge is 2.13. The largest absolute Gasteiger partial charge is 0.321 e. The first kappa shape index (κ1) is 13.1. The zero-order valence-electron chi connectivity index (χ0n) is 9.93. The highest BCUT2D eigenvalue weighted by molar-refractivity contribution is 9.10. The van der Waals surface area contributed by atoms with Crippen LogP contribution in [0.5, 0.6) is 0 Å². The molecular formula is C13H7BrFN3OS. The quantitative estimate of drug-likeness (QED) is 0.762. The maximum absolute atomic E-state index is 13.6. The number of nitrogens with one attached hydrogen (secondary N) is 1. The van der Waals surface area contributed by atoms with E-state index in [1.165, 1.54) is 18.2 Å². The van der Waals surface area contributed by atoms with E-state index in [1.54, 1.807) is 18.2 Å². The van der Waals surface area contributed by atoms with E-state index >= 15 is 0 Å². The SMILES string of the molecule is O=C(Nc1cc2nsnc2cc1Br)c1ccccc1F. The molecule has 1 N–H and O–H groups in total. The number of benzene rings is 2. The van der Waals surface area contributed by atoms with Crippen LogP contribution in [-0.2, 0) is 0 Å². The summed E-state index contributed by atoms with van der Waals surface area (Å²) in [6, 6.07) is 9.28. The first-order chi connectivity index (χ1) is 9.65. The van der Waals surface area contributed by atoms with Gasteiger partial charge in [-0.15, -0.1) is 0 Å². The van der Waals surface area contributed by atoms with E-state index in [1.807, 2.05) is 0 Å². The van der Waals surface area contributed by atoms with Gasteiger partial charge < -0.3 is 5.32 Å². The Bertz CT molecular complexity index is 805. The van der Waals surface area contributed by atoms with Gasteiger partial charge in [-0.1, -0.05) is 12.1 Å². The van der Waals surface area contributed by atoms with Crippen LogP contribution in [0.4, 0.5) is 10.1 Å². The van der Waals surface area contributed by atoms with Gasteiger partial charge in [0.1, 0.15) is 16.9 Å². The van der Waals surface area contributed by atoms with Crippen molar-refractivity contribution < 1.29 is 9.18 Å². The molecule has 0 radical (unpaired) electrons. The predicted octanol–water partition coefficient (Wildman–Crippen LogP) is 3.85. The topological polar surface area (TPSA) is 54.9 Å². The molecule has 7 heteroatoms. The average Bonchev–Trinajstić information content (AvgIpc) is 2.86. The first-order valence-electron chi connectivity index (χ1n) is 5.63. The molecule has 3 rings (SSSR count). The Kier molecular flexibility index (Phi) is 3.45. The third-order valence-corrected chi connectivity index (χ3v) is 3.92. The van der Waals surface area contributed by atoms with Gasteiger partial charge in [0.2, 0.25) is 0 Å². The van der Waals surface area contributed by atoms with Crippen LogP contribution in [0, 0.1) is 5.82 Å². The second-order valence-corrected chi connectivity index (χ2v) is 5.40. The Balaban J connectivity index is 1.95. The molecule has 0 unspecified atom stereocenters. The third kappa shape index (κ3) is 2.41. The van der Waals surface area contributed by atoms with E-state index < -0.39 is 11.7 Å². The summed E-state index contributed by atoms with van der Waals surface area (Å²) in [7, 11) is 0. The molecule has 0 spiro atoms. The molecule has 1 heterocycles. The molecule has 2 aromatic carbocycles. The lowest BCUT2D eigenvalue weighted by molar-refractivity contribution is 0.102. The molecule has 0 bridgehead atoms. The minimum atomic E-state index is -0.558. The minimum Gasteiger partial charge on any atom is -0.321 e. The van der Waals surface area contributed by atoms with Crippen LogP contribution in [0.25, 0.3) is 11.0 Å². The Labute approximate surface area is 126 Å². The zero-order chi connectivity index (χ0) is 14.1. The summed E-state index contributed by atoms with van der Waals surface area (Å²) >= 11 is 4.44. The van der Waals surface area contributed by atoms with E-state index in [2.05, 4.69) is 30.0 Å². The molecular weight excluding hydrogens is 345 g/mol. The van der Waals surface area contributed by atoms with Crippen LogP contribution >= 0.6 is 27.7 Å². The number of carbonyl (C=O) groups is 1. The smallest absolute Gasteiger partial charge is 0.258 e. The van der Waals surface area contributed by atoms with Crippen LogP contribution in [0.2, 0.25) is 0 Å². The van der Waals surface area contributed by atoms with Crippen LogP contribution in [0.1, 0.15) is 10.4 Å². The molecule has 0 aliphatic rings. The number of fused-ring (bicyclic) bond motifs is 1. The molecule has 0 saturated heterocycles. The number of amides is 1. The van der Waals surface area contributed by atoms with Gasteiger partial charge in [-0.05, 0) is 40.2 Å². The van der Waals surface area contributed by atoms with Crippen LogP contribution in [0.3, 0.4) is 0 Å². The van der Waals surface area contributed by atoms with Crippen molar-refractivity contribution >= 4 is 50.3 Å². The van der Waals surface area contributed by atoms with E-state index in [-0.39, 0.29) is 5.56 Å². The lowest BCUT2D eigenvalue weighted by Gasteiger charge is -2.07. The van der Waals surface area contributed by atoms with Crippen LogP contribution in [-0.4, -0.2) is 14.7 Å². The molecule has 0 aliphatic carbocycles. The van der Waals surface area contributed by atoms with E-state index in [0.29, 0.717) is 15.7 Å². The van der Waals surface area contributed by atoms with Crippen molar-refractivity contribution in [3.63, 3.8) is 0 Å². The summed E-state index contributed by atoms with van der Waals surface area (Å²) in [5, 5.41) is 2.66. The molecule has 0 aliphatic heterocycles. The van der Waals surface area contributed by atoms with Gasteiger partial charge in [-0.2, -0.15) is 8.75 Å². The second-order valence-electron chi connectivity index (χ2n) is 4.02. The van der Waals surface area contributed by atoms with Gasteiger partial charge >= 0.3 is 0 Å². The monoisotopic (exact) mass is 351 g/mol. The normalized spacial score (nSPS) is 10.7. The molecule has 0 atom stereocenters. The van der Waals surface area contributed by atoms with Crippen molar-refractivity contribution in [2.24, 2.45) is 0 Å². The maximum Gasteiger partial charge on any atom is 0.258 e. The van der Waals surface area contributed by atoms with Gasteiger partial charge in [0.05, 0.1) is 23.0 Å². The molecule has 4 nitrogen and oxygen atoms in total. The minimum absolute atomic E-state index is 0.00380. The third-order valence-electron chi connectivity index (χ3n) is 2.71. The standard InChI is InChI=1S/C13H7BrFN3OS/c14-8-5-11-12(18-20-17-11)6-10(8)16-13(19)7-3-1-2-4-9(7)15/h1-6H,(H,16,19). The van der Waals surface area contributed by atoms with E-state index in [0.717, 1.165) is 17.2 Å². The summed E-state index contributed by atoms with van der Waals surface area (Å²) in [6.07, 6.45) is 0. The van der Waals surface area contributed by atoms with E-state index in [4.69, 9.17) is 0 Å². The summed E-state index contributed by atoms with van der Waals surface area (Å²) < 4.78 is 22.4. The zero-order valence-corrected chi connectivity index (χ0v) is 12.3. The van der Waals surface area contributed by atoms with Crippen molar-refractivity contribution in [3.05, 3.63) is 52.3 Å². The predicted molar refractivity (Wildman–Crippen MR) is 79.5 cm³/mol. The first-order valence-corrected chi connectivity index (χ1v) is 7.15. The number of aromatic nitrogens is 2. The number of hydrogen-bond acceptors (Lipinski definition) is 4. The van der Waals surface area contributed by atoms with Gasteiger partial charge in [0.15, 0.2) is 0 Å². The van der Waals surface area contributed by atoms with Gasteiger partial charge in [-0.3, -0.25) is 4.79 Å². The lowest BCUT2D eigenvalue weighted by atomic mass is 10.2. The fourth-order valence-electron chi connectivity index (χ4n) is 1.74. The summed E-state index contributed by atoms with van der Waals surface area (Å²) in [4.78, 5) is 12.1. The number of halogens is 2. The van der Waals surface area contributed by atoms with Gasteiger partial charge in [0.25, 0.3) is 5.91 Å². The molecule has 1 amide bonds. The van der Waals surface area contributed by atoms with Crippen molar-refractivity contribution in [1.82, 2.24) is 8.75 Å². The molecule has 1 aromatic heterocycles. The average molecular weight is 352 g/mol. The van der Waals surface area contributed by atoms with Gasteiger partial charge in [0, 0.05) is 4.47 Å². The summed E-state index contributed by atoms with van der Waals surface area (Å²) in [5.41, 5.74) is 1.95. The Morgan fingerprint density at radius 1 is 1.20 bits per heavy atom. The summed E-state index contributed by atoms with van der Waals surface area (Å²) in [6.45, 7) is 0. The van der Waals surface area contributed by atoms with E-state index in [9.17, 15) is 9.18 Å². The molecule has 0 saturated carbocycles. The molecule has 0 fully saturated rings.